The Balaban J connectivity index is 1.43. The lowest BCUT2D eigenvalue weighted by molar-refractivity contribution is 0.0247. The van der Waals surface area contributed by atoms with E-state index in [2.05, 4.69) is 209 Å². The van der Waals surface area contributed by atoms with Gasteiger partial charge in [-0.05, 0) is 177 Å². The molecule has 0 radical (unpaired) electrons. The van der Waals surface area contributed by atoms with Gasteiger partial charge in [0.15, 0.2) is 25.0 Å². The third kappa shape index (κ3) is 14.0. The minimum absolute atomic E-state index is 0.0330. The fraction of sp³-hybridized carbons (Fsp3) is 0.710. The van der Waals surface area contributed by atoms with E-state index < -0.39 is 33.3 Å². The lowest BCUT2D eigenvalue weighted by Crippen LogP contribution is -2.66. The van der Waals surface area contributed by atoms with Crippen molar-refractivity contribution in [2.45, 2.75) is 246 Å². The molecule has 3 aliphatic rings. The van der Waals surface area contributed by atoms with Crippen molar-refractivity contribution in [2.75, 3.05) is 6.61 Å². The average Bonchev–Trinajstić information content (AvgIpc) is 3.59. The second kappa shape index (κ2) is 22.7. The van der Waals surface area contributed by atoms with Crippen molar-refractivity contribution in [1.29, 1.82) is 0 Å². The van der Waals surface area contributed by atoms with E-state index in [-0.39, 0.29) is 38.8 Å². The summed E-state index contributed by atoms with van der Waals surface area (Å²) in [4.78, 5) is 0. The fourth-order valence-electron chi connectivity index (χ4n) is 12.8. The molecule has 3 aliphatic carbocycles. The lowest BCUT2D eigenvalue weighted by atomic mass is 9.60. The molecule has 0 heterocycles. The minimum atomic E-state index is -2.63. The van der Waals surface area contributed by atoms with Gasteiger partial charge in [-0.25, -0.2) is 0 Å². The molecule has 3 fully saturated rings. The molecule has 0 spiro atoms. The van der Waals surface area contributed by atoms with Crippen LogP contribution in [0.2, 0.25) is 60.9 Å². The summed E-state index contributed by atoms with van der Waals surface area (Å²) in [5.74, 6) is 2.39. The molecule has 0 N–H and O–H groups in total. The fourth-order valence-corrected chi connectivity index (χ4v) is 21.8. The molecule has 0 aromatic heterocycles. The molecule has 0 bridgehead atoms. The largest absolute Gasteiger partial charge is 0.413 e. The quantitative estimate of drug-likeness (QED) is 0.0978. The zero-order valence-electron chi connectivity index (χ0n) is 48.9. The Morgan fingerprint density at radius 2 is 1.27 bits per heavy atom. The molecule has 7 atom stereocenters. The van der Waals surface area contributed by atoms with Gasteiger partial charge in [-0.3, -0.25) is 0 Å². The first-order chi connectivity index (χ1) is 32.2. The molecule has 2 aromatic rings. The van der Waals surface area contributed by atoms with E-state index in [0.29, 0.717) is 11.3 Å². The highest BCUT2D eigenvalue weighted by atomic mass is 28.4. The summed E-state index contributed by atoms with van der Waals surface area (Å²) in [5.41, 5.74) is 4.56. The first-order valence-corrected chi connectivity index (χ1v) is 39.2. The Bertz CT molecular complexity index is 2020. The molecule has 5 rings (SSSR count). The Hall–Kier alpha value is -1.63. The van der Waals surface area contributed by atoms with Crippen molar-refractivity contribution < 1.29 is 17.7 Å². The van der Waals surface area contributed by atoms with Crippen LogP contribution in [-0.2, 0) is 17.7 Å². The minimum Gasteiger partial charge on any atom is -0.413 e. The van der Waals surface area contributed by atoms with Crippen LogP contribution < -0.4 is 10.4 Å². The first kappa shape index (κ1) is 59.2. The molecule has 4 nitrogen and oxygen atoms in total. The van der Waals surface area contributed by atoms with Gasteiger partial charge in [0.2, 0.25) is 0 Å². The summed E-state index contributed by atoms with van der Waals surface area (Å²) in [6, 6.07) is 22.2. The second-order valence-electron chi connectivity index (χ2n) is 28.5. The number of allylic oxidation sites excluding steroid dienone is 3. The molecular formula is C62H106O4Si4. The van der Waals surface area contributed by atoms with E-state index in [0.717, 1.165) is 50.5 Å². The molecule has 2 aromatic carbocycles. The van der Waals surface area contributed by atoms with Gasteiger partial charge >= 0.3 is 0 Å². The maximum Gasteiger partial charge on any atom is 0.261 e. The van der Waals surface area contributed by atoms with Crippen molar-refractivity contribution >= 4 is 43.6 Å². The van der Waals surface area contributed by atoms with Crippen LogP contribution in [0.1, 0.15) is 167 Å². The van der Waals surface area contributed by atoms with Crippen LogP contribution in [0.5, 0.6) is 0 Å². The van der Waals surface area contributed by atoms with Crippen LogP contribution in [0.25, 0.3) is 0 Å². The van der Waals surface area contributed by atoms with Gasteiger partial charge in [-0.2, -0.15) is 0 Å². The molecule has 0 saturated heterocycles. The van der Waals surface area contributed by atoms with Crippen LogP contribution in [0, 0.1) is 29.1 Å². The third-order valence-corrected chi connectivity index (χ3v) is 33.6. The number of fused-ring (bicyclic) bond motifs is 1. The average molecular weight is 1030 g/mol. The van der Waals surface area contributed by atoms with E-state index >= 15 is 0 Å². The predicted molar refractivity (Wildman–Crippen MR) is 315 cm³/mol. The van der Waals surface area contributed by atoms with Crippen LogP contribution in [0.4, 0.5) is 0 Å². The Kier molecular flexibility index (Phi) is 19.2. The number of hydrogen-bond acceptors (Lipinski definition) is 4. The summed E-state index contributed by atoms with van der Waals surface area (Å²) < 4.78 is 29.4. The highest BCUT2D eigenvalue weighted by Crippen LogP contribution is 2.60. The molecule has 70 heavy (non-hydrogen) atoms. The van der Waals surface area contributed by atoms with Crippen LogP contribution >= 0.6 is 0 Å². The summed E-state index contributed by atoms with van der Waals surface area (Å²) in [6.07, 6.45) is 19.3. The van der Waals surface area contributed by atoms with Gasteiger partial charge < -0.3 is 17.7 Å². The molecule has 0 unspecified atom stereocenters. The zero-order valence-corrected chi connectivity index (χ0v) is 52.9. The molecule has 3 saturated carbocycles. The smallest absolute Gasteiger partial charge is 0.261 e. The molecule has 394 valence electrons. The number of hydrogen-bond donors (Lipinski definition) is 0. The second-order valence-corrected chi connectivity index (χ2v) is 46.7. The predicted octanol–water partition coefficient (Wildman–Crippen LogP) is 17.6. The zero-order chi connectivity index (χ0) is 52.4. The van der Waals surface area contributed by atoms with Gasteiger partial charge in [-0.15, -0.1) is 0 Å². The number of rotatable bonds is 20. The molecule has 8 heteroatoms. The van der Waals surface area contributed by atoms with Crippen molar-refractivity contribution in [2.24, 2.45) is 29.1 Å². The SMILES string of the molecule is C=C1/C(=C\C=C2/CCC[C@]3(C)[C@@H]([C@H](C)CCCC(C)(C)O[Si](C)(C)C)CC[C@@H]23)C[C@H](O[Si](C)(C)C(C)(C)C)[C@@H](CCCCO[Si](c2ccccc2)(c2ccccc2)C(C)(C)C)[C@H]1O[Si](C)(C)C(C)(C)C. The topological polar surface area (TPSA) is 36.9 Å². The van der Waals surface area contributed by atoms with Crippen molar-refractivity contribution in [3.05, 3.63) is 96.1 Å². The van der Waals surface area contributed by atoms with E-state index in [9.17, 15) is 0 Å². The summed E-state index contributed by atoms with van der Waals surface area (Å²) >= 11 is 0. The van der Waals surface area contributed by atoms with Gasteiger partial charge in [0, 0.05) is 12.5 Å². The van der Waals surface area contributed by atoms with E-state index in [4.69, 9.17) is 24.3 Å². The highest BCUT2D eigenvalue weighted by molar-refractivity contribution is 6.99. The van der Waals surface area contributed by atoms with E-state index in [1.807, 2.05) is 0 Å². The number of unbranched alkanes of at least 4 members (excludes halogenated alkanes) is 1. The molecule has 0 aliphatic heterocycles. The first-order valence-electron chi connectivity index (χ1n) is 28.1. The standard InChI is InChI=1S/C62H106O4Si4/c1-47(32-30-43-61(12,13)66-67(15,16)17)54-41-42-55-49(33-31-44-62(54,55)14)39-40-50-46-56(64-68(18,19)58(3,4)5)53(57(48(50)2)65-69(20,21)59(6,7)8)38-28-29-45-63-70(60(9,10)11,51-34-24-22-25-35-51)52-36-26-23-27-37-52/h22-27,34-37,39-40,47,53-57H,2,28-33,38,41-46H2,1,3-21H3/b49-39+,50-40-/t47-,53-,54-,55+,56+,57+,62-/m1/s1. The van der Waals surface area contributed by atoms with Crippen LogP contribution in [0.15, 0.2) is 96.1 Å². The van der Waals surface area contributed by atoms with Crippen molar-refractivity contribution in [1.82, 2.24) is 0 Å². The Morgan fingerprint density at radius 3 is 1.80 bits per heavy atom. The van der Waals surface area contributed by atoms with Gasteiger partial charge in [0.05, 0.1) is 17.8 Å². The van der Waals surface area contributed by atoms with E-state index in [1.165, 1.54) is 66.5 Å². The van der Waals surface area contributed by atoms with Gasteiger partial charge in [0.25, 0.3) is 8.32 Å². The van der Waals surface area contributed by atoms with Gasteiger partial charge in [0.1, 0.15) is 0 Å². The van der Waals surface area contributed by atoms with Crippen molar-refractivity contribution in [3.63, 3.8) is 0 Å². The lowest BCUT2D eigenvalue weighted by Gasteiger charge is -2.49. The molecule has 0 amide bonds. The maximum absolute atomic E-state index is 7.68. The summed E-state index contributed by atoms with van der Waals surface area (Å²) in [6.45, 7) is 53.8. The van der Waals surface area contributed by atoms with Crippen molar-refractivity contribution in [3.8, 4) is 0 Å². The normalized spacial score (nSPS) is 26.2. The third-order valence-electron chi connectivity index (χ3n) is 18.4. The van der Waals surface area contributed by atoms with E-state index in [1.54, 1.807) is 5.57 Å². The maximum atomic E-state index is 7.68. The van der Waals surface area contributed by atoms with Gasteiger partial charge in [-0.1, -0.05) is 180 Å². The summed E-state index contributed by atoms with van der Waals surface area (Å²) in [5, 5.41) is 2.80. The van der Waals surface area contributed by atoms with Crippen LogP contribution in [0.3, 0.4) is 0 Å². The Morgan fingerprint density at radius 1 is 0.714 bits per heavy atom. The molecular weight excluding hydrogens is 921 g/mol. The Labute approximate surface area is 436 Å². The highest BCUT2D eigenvalue weighted by Gasteiger charge is 2.53. The summed E-state index contributed by atoms with van der Waals surface area (Å²) in [7, 11) is -8.57. The number of benzene rings is 2. The van der Waals surface area contributed by atoms with Crippen LogP contribution in [-0.4, -0.2) is 57.7 Å². The monoisotopic (exact) mass is 1030 g/mol.